The maximum absolute atomic E-state index is 12.9. The SMILES string of the molecule is Fc1cccc(Cl)c1/C=C/[B-](F)(F)F. The van der Waals surface area contributed by atoms with Crippen molar-refractivity contribution in [2.24, 2.45) is 0 Å². The Morgan fingerprint density at radius 3 is 2.36 bits per heavy atom. The van der Waals surface area contributed by atoms with Crippen LogP contribution in [0.25, 0.3) is 6.08 Å². The molecule has 0 spiro atoms. The lowest BCUT2D eigenvalue weighted by Gasteiger charge is -2.07. The van der Waals surface area contributed by atoms with Gasteiger partial charge in [-0.05, 0) is 12.1 Å². The van der Waals surface area contributed by atoms with Gasteiger partial charge in [-0.25, -0.2) is 4.39 Å². The molecule has 0 fully saturated rings. The van der Waals surface area contributed by atoms with Crippen molar-refractivity contribution in [3.63, 3.8) is 0 Å². The van der Waals surface area contributed by atoms with E-state index >= 15 is 0 Å². The van der Waals surface area contributed by atoms with Gasteiger partial charge in [0.25, 0.3) is 0 Å². The Hall–Kier alpha value is -0.965. The predicted octanol–water partition coefficient (Wildman–Crippen LogP) is 3.88. The Kier molecular flexibility index (Phi) is 3.21. The van der Waals surface area contributed by atoms with E-state index in [1.54, 1.807) is 0 Å². The molecule has 0 atom stereocenters. The Morgan fingerprint density at radius 1 is 1.21 bits per heavy atom. The first kappa shape index (κ1) is 11.1. The quantitative estimate of drug-likeness (QED) is 0.527. The summed E-state index contributed by atoms with van der Waals surface area (Å²) in [6.07, 6.45) is 0.637. The highest BCUT2D eigenvalue weighted by Crippen LogP contribution is 2.22. The first-order valence-electron chi connectivity index (χ1n) is 3.73. The molecule has 0 amide bonds. The summed E-state index contributed by atoms with van der Waals surface area (Å²) in [4.78, 5) is 0. The smallest absolute Gasteiger partial charge is 0.445 e. The predicted molar refractivity (Wildman–Crippen MR) is 49.5 cm³/mol. The van der Waals surface area contributed by atoms with Crippen LogP contribution in [0.4, 0.5) is 17.3 Å². The molecule has 1 aromatic carbocycles. The van der Waals surface area contributed by atoms with Gasteiger partial charge in [0.15, 0.2) is 0 Å². The Bertz CT molecular complexity index is 339. The Labute approximate surface area is 83.2 Å². The van der Waals surface area contributed by atoms with E-state index in [4.69, 9.17) is 11.6 Å². The average molecular weight is 223 g/mol. The molecule has 0 bridgehead atoms. The van der Waals surface area contributed by atoms with Gasteiger partial charge in [0, 0.05) is 5.56 Å². The molecule has 0 aliphatic rings. The monoisotopic (exact) mass is 223 g/mol. The van der Waals surface area contributed by atoms with Crippen LogP contribution in [-0.2, 0) is 0 Å². The highest BCUT2D eigenvalue weighted by atomic mass is 35.5. The normalized spacial score (nSPS) is 12.4. The van der Waals surface area contributed by atoms with Gasteiger partial charge in [-0.2, -0.15) is 0 Å². The lowest BCUT2D eigenvalue weighted by Crippen LogP contribution is -2.09. The van der Waals surface area contributed by atoms with Gasteiger partial charge in [-0.1, -0.05) is 23.7 Å². The molecule has 0 unspecified atom stereocenters. The summed E-state index contributed by atoms with van der Waals surface area (Å²) in [5, 5.41) is -0.0405. The zero-order valence-corrected chi connectivity index (χ0v) is 7.61. The second kappa shape index (κ2) is 4.04. The van der Waals surface area contributed by atoms with Crippen molar-refractivity contribution in [1.82, 2.24) is 0 Å². The summed E-state index contributed by atoms with van der Waals surface area (Å²) in [6, 6.07) is 3.70. The molecule has 1 aromatic rings. The molecule has 1 rings (SSSR count). The molecule has 0 N–H and O–H groups in total. The van der Waals surface area contributed by atoms with Gasteiger partial charge in [0.1, 0.15) is 5.82 Å². The molecule has 0 saturated heterocycles. The van der Waals surface area contributed by atoms with Crippen LogP contribution in [0.1, 0.15) is 5.56 Å². The average Bonchev–Trinajstić information content (AvgIpc) is 2.01. The summed E-state index contributed by atoms with van der Waals surface area (Å²) in [6.45, 7) is -5.06. The molecule has 0 nitrogen and oxygen atoms in total. The summed E-state index contributed by atoms with van der Waals surface area (Å²) in [7, 11) is 0. The summed E-state index contributed by atoms with van der Waals surface area (Å²) in [5.74, 6) is -0.765. The summed E-state index contributed by atoms with van der Waals surface area (Å²) < 4.78 is 48.4. The summed E-state index contributed by atoms with van der Waals surface area (Å²) in [5.41, 5.74) is -0.242. The van der Waals surface area contributed by atoms with Crippen molar-refractivity contribution in [1.29, 1.82) is 0 Å². The van der Waals surface area contributed by atoms with E-state index in [9.17, 15) is 17.3 Å². The minimum atomic E-state index is -5.06. The third-order valence-electron chi connectivity index (χ3n) is 1.48. The number of benzene rings is 1. The minimum absolute atomic E-state index is 0.00426. The van der Waals surface area contributed by atoms with Crippen LogP contribution in [0.5, 0.6) is 0 Å². The molecular weight excluding hydrogens is 218 g/mol. The van der Waals surface area contributed by atoms with Crippen LogP contribution in [0, 0.1) is 5.82 Å². The van der Waals surface area contributed by atoms with E-state index in [0.717, 1.165) is 6.07 Å². The van der Waals surface area contributed by atoms with E-state index in [-0.39, 0.29) is 16.6 Å². The van der Waals surface area contributed by atoms with Crippen LogP contribution in [-0.4, -0.2) is 6.98 Å². The summed E-state index contributed by atoms with van der Waals surface area (Å²) >= 11 is 5.51. The fraction of sp³-hybridized carbons (Fsp3) is 0. The van der Waals surface area contributed by atoms with Crippen LogP contribution < -0.4 is 0 Å². The van der Waals surface area contributed by atoms with Crippen LogP contribution >= 0.6 is 11.6 Å². The van der Waals surface area contributed by atoms with Crippen molar-refractivity contribution < 1.29 is 17.3 Å². The Balaban J connectivity index is 3.03. The van der Waals surface area contributed by atoms with Gasteiger partial charge >= 0.3 is 6.98 Å². The topological polar surface area (TPSA) is 0 Å². The van der Waals surface area contributed by atoms with Gasteiger partial charge < -0.3 is 12.9 Å². The number of halogens is 5. The minimum Gasteiger partial charge on any atom is -0.445 e. The second-order valence-electron chi connectivity index (χ2n) is 2.62. The molecule has 76 valence electrons. The van der Waals surface area contributed by atoms with Crippen molar-refractivity contribution >= 4 is 24.7 Å². The maximum Gasteiger partial charge on any atom is 0.502 e. The van der Waals surface area contributed by atoms with Gasteiger partial charge in [0.05, 0.1) is 5.02 Å². The molecule has 0 heterocycles. The molecule has 14 heavy (non-hydrogen) atoms. The highest BCUT2D eigenvalue weighted by molar-refractivity contribution is 6.65. The van der Waals surface area contributed by atoms with Gasteiger partial charge in [-0.15, -0.1) is 5.98 Å². The van der Waals surface area contributed by atoms with Crippen LogP contribution in [0.2, 0.25) is 5.02 Å². The highest BCUT2D eigenvalue weighted by Gasteiger charge is 2.17. The van der Waals surface area contributed by atoms with Crippen molar-refractivity contribution in [3.05, 3.63) is 40.6 Å². The van der Waals surface area contributed by atoms with E-state index in [1.165, 1.54) is 12.1 Å². The van der Waals surface area contributed by atoms with E-state index in [1.807, 2.05) is 0 Å². The molecular formula is C8H5BClF4-. The fourth-order valence-corrected chi connectivity index (χ4v) is 1.10. The zero-order chi connectivity index (χ0) is 10.8. The van der Waals surface area contributed by atoms with Crippen LogP contribution in [0.3, 0.4) is 0 Å². The largest absolute Gasteiger partial charge is 0.502 e. The van der Waals surface area contributed by atoms with Crippen molar-refractivity contribution in [3.8, 4) is 0 Å². The Morgan fingerprint density at radius 2 is 1.86 bits per heavy atom. The zero-order valence-electron chi connectivity index (χ0n) is 6.85. The number of rotatable bonds is 2. The van der Waals surface area contributed by atoms with Crippen LogP contribution in [0.15, 0.2) is 24.2 Å². The first-order chi connectivity index (χ1) is 6.40. The molecule has 0 aliphatic heterocycles. The standard InChI is InChI=1S/C8H5BClF4/c10-7-2-1-3-8(11)6(7)4-5-9(12,13)14/h1-5H/q-1/b5-4+. The van der Waals surface area contributed by atoms with E-state index < -0.39 is 12.8 Å². The third-order valence-corrected chi connectivity index (χ3v) is 1.81. The van der Waals surface area contributed by atoms with Crippen molar-refractivity contribution in [2.75, 3.05) is 0 Å². The fourth-order valence-electron chi connectivity index (χ4n) is 0.875. The molecule has 0 saturated carbocycles. The lowest BCUT2D eigenvalue weighted by molar-refractivity contribution is 0.499. The molecule has 6 heteroatoms. The third kappa shape index (κ3) is 3.07. The maximum atomic E-state index is 12.9. The number of hydrogen-bond acceptors (Lipinski definition) is 0. The molecule has 0 aromatic heterocycles. The lowest BCUT2D eigenvalue weighted by atomic mass is 9.90. The van der Waals surface area contributed by atoms with E-state index in [0.29, 0.717) is 6.08 Å². The number of hydrogen-bond donors (Lipinski definition) is 0. The van der Waals surface area contributed by atoms with Gasteiger partial charge in [0.2, 0.25) is 0 Å². The van der Waals surface area contributed by atoms with Crippen molar-refractivity contribution in [2.45, 2.75) is 0 Å². The molecule has 0 radical (unpaired) electrons. The first-order valence-corrected chi connectivity index (χ1v) is 4.11. The van der Waals surface area contributed by atoms with Gasteiger partial charge in [-0.3, -0.25) is 0 Å². The van der Waals surface area contributed by atoms with E-state index in [2.05, 4.69) is 0 Å². The second-order valence-corrected chi connectivity index (χ2v) is 3.03. The molecule has 0 aliphatic carbocycles.